The van der Waals surface area contributed by atoms with Crippen molar-refractivity contribution in [3.63, 3.8) is 0 Å². The molecule has 8 nitrogen and oxygen atoms in total. The van der Waals surface area contributed by atoms with E-state index in [0.717, 1.165) is 31.2 Å². The van der Waals surface area contributed by atoms with Crippen LogP contribution >= 0.6 is 11.6 Å². The first kappa shape index (κ1) is 23.5. The van der Waals surface area contributed by atoms with Crippen molar-refractivity contribution < 1.29 is 22.7 Å². The Hall–Kier alpha value is -2.62. The Morgan fingerprint density at radius 3 is 2.52 bits per heavy atom. The zero-order valence-electron chi connectivity index (χ0n) is 18.3. The third-order valence-corrected chi connectivity index (χ3v) is 8.14. The van der Waals surface area contributed by atoms with Gasteiger partial charge in [0.2, 0.25) is 15.9 Å². The third kappa shape index (κ3) is 5.15. The molecular formula is C23H26ClN3O5S. The molecule has 0 saturated carbocycles. The maximum absolute atomic E-state index is 13.2. The minimum atomic E-state index is -3.72. The van der Waals surface area contributed by atoms with E-state index >= 15 is 0 Å². The van der Waals surface area contributed by atoms with Crippen molar-refractivity contribution >= 4 is 44.8 Å². The van der Waals surface area contributed by atoms with Gasteiger partial charge in [-0.05, 0) is 55.7 Å². The summed E-state index contributed by atoms with van der Waals surface area (Å²) in [5, 5.41) is 3.25. The SMILES string of the molecule is Cc1ccc(NC(=O)CN2C(=O)COc3ccc(S(=O)(=O)N4CCCCCC4)cc32)cc1Cl. The van der Waals surface area contributed by atoms with Crippen LogP contribution in [0.25, 0.3) is 0 Å². The van der Waals surface area contributed by atoms with Crippen molar-refractivity contribution in [3.05, 3.63) is 47.0 Å². The second-order valence-electron chi connectivity index (χ2n) is 8.23. The van der Waals surface area contributed by atoms with Gasteiger partial charge in [-0.15, -0.1) is 0 Å². The molecule has 176 valence electrons. The fourth-order valence-corrected chi connectivity index (χ4v) is 5.68. The molecule has 10 heteroatoms. The number of hydrogen-bond donors (Lipinski definition) is 1. The Morgan fingerprint density at radius 2 is 1.82 bits per heavy atom. The van der Waals surface area contributed by atoms with Crippen LogP contribution in [0.15, 0.2) is 41.3 Å². The van der Waals surface area contributed by atoms with E-state index in [1.54, 1.807) is 18.2 Å². The third-order valence-electron chi connectivity index (χ3n) is 5.83. The van der Waals surface area contributed by atoms with Gasteiger partial charge < -0.3 is 10.1 Å². The second kappa shape index (κ2) is 9.70. The topological polar surface area (TPSA) is 96.0 Å². The summed E-state index contributed by atoms with van der Waals surface area (Å²) in [6.45, 7) is 2.29. The fraction of sp³-hybridized carbons (Fsp3) is 0.391. The predicted octanol–water partition coefficient (Wildman–Crippen LogP) is 3.58. The lowest BCUT2D eigenvalue weighted by Gasteiger charge is -2.30. The van der Waals surface area contributed by atoms with Gasteiger partial charge in [0.1, 0.15) is 12.3 Å². The van der Waals surface area contributed by atoms with Crippen molar-refractivity contribution in [1.29, 1.82) is 0 Å². The molecule has 2 amide bonds. The number of fused-ring (bicyclic) bond motifs is 1. The monoisotopic (exact) mass is 491 g/mol. The molecular weight excluding hydrogens is 466 g/mol. The Kier molecular flexibility index (Phi) is 6.92. The molecule has 1 fully saturated rings. The van der Waals surface area contributed by atoms with Crippen molar-refractivity contribution in [1.82, 2.24) is 4.31 Å². The molecule has 0 aromatic heterocycles. The molecule has 0 unspecified atom stereocenters. The fourth-order valence-electron chi connectivity index (χ4n) is 3.96. The zero-order valence-corrected chi connectivity index (χ0v) is 19.9. The summed E-state index contributed by atoms with van der Waals surface area (Å²) >= 11 is 6.12. The van der Waals surface area contributed by atoms with Crippen LogP contribution in [-0.4, -0.2) is 50.8 Å². The van der Waals surface area contributed by atoms with Crippen LogP contribution in [0.3, 0.4) is 0 Å². The minimum Gasteiger partial charge on any atom is -0.482 e. The second-order valence-corrected chi connectivity index (χ2v) is 10.6. The van der Waals surface area contributed by atoms with Gasteiger partial charge in [-0.3, -0.25) is 14.5 Å². The van der Waals surface area contributed by atoms with Crippen molar-refractivity contribution in [2.75, 3.05) is 36.5 Å². The molecule has 1 N–H and O–H groups in total. The number of amides is 2. The number of hydrogen-bond acceptors (Lipinski definition) is 5. The number of nitrogens with one attached hydrogen (secondary N) is 1. The van der Waals surface area contributed by atoms with Crippen LogP contribution in [0.1, 0.15) is 31.2 Å². The van der Waals surface area contributed by atoms with Gasteiger partial charge in [-0.25, -0.2) is 8.42 Å². The molecule has 0 spiro atoms. The van der Waals surface area contributed by atoms with Crippen LogP contribution in [0.2, 0.25) is 5.02 Å². The van der Waals surface area contributed by atoms with E-state index in [1.807, 2.05) is 6.92 Å². The summed E-state index contributed by atoms with van der Waals surface area (Å²) in [5.41, 5.74) is 1.65. The maximum atomic E-state index is 13.2. The Morgan fingerprint density at radius 1 is 1.09 bits per heavy atom. The molecule has 2 aliphatic heterocycles. The zero-order chi connectivity index (χ0) is 23.6. The highest BCUT2D eigenvalue weighted by atomic mass is 35.5. The predicted molar refractivity (Wildman–Crippen MR) is 126 cm³/mol. The summed E-state index contributed by atoms with van der Waals surface area (Å²) in [6, 6.07) is 9.59. The van der Waals surface area contributed by atoms with Crippen LogP contribution in [0, 0.1) is 6.92 Å². The molecule has 1 saturated heterocycles. The first-order chi connectivity index (χ1) is 15.8. The number of anilines is 2. The van der Waals surface area contributed by atoms with Crippen molar-refractivity contribution in [3.8, 4) is 5.75 Å². The molecule has 33 heavy (non-hydrogen) atoms. The first-order valence-electron chi connectivity index (χ1n) is 10.9. The number of rotatable bonds is 5. The molecule has 2 aromatic carbocycles. The van der Waals surface area contributed by atoms with Crippen LogP contribution in [0.4, 0.5) is 11.4 Å². The quantitative estimate of drug-likeness (QED) is 0.689. The summed E-state index contributed by atoms with van der Waals surface area (Å²) in [6.07, 6.45) is 3.66. The lowest BCUT2D eigenvalue weighted by molar-refractivity contribution is -0.123. The van der Waals surface area contributed by atoms with Gasteiger partial charge in [0.25, 0.3) is 5.91 Å². The van der Waals surface area contributed by atoms with Gasteiger partial charge in [0.15, 0.2) is 6.61 Å². The number of nitrogens with zero attached hydrogens (tertiary/aromatic N) is 2. The van der Waals surface area contributed by atoms with Gasteiger partial charge in [-0.1, -0.05) is 30.5 Å². The summed E-state index contributed by atoms with van der Waals surface area (Å²) < 4.78 is 33.4. The number of sulfonamides is 1. The van der Waals surface area contributed by atoms with E-state index in [1.165, 1.54) is 27.4 Å². The smallest absolute Gasteiger partial charge is 0.265 e. The average Bonchev–Trinajstić information content (AvgIpc) is 3.08. The van der Waals surface area contributed by atoms with Crippen LogP contribution in [0.5, 0.6) is 5.75 Å². The lowest BCUT2D eigenvalue weighted by Crippen LogP contribution is -2.43. The summed E-state index contributed by atoms with van der Waals surface area (Å²) in [4.78, 5) is 26.6. The summed E-state index contributed by atoms with van der Waals surface area (Å²) in [5.74, 6) is -0.503. The Bertz CT molecular complexity index is 1180. The van der Waals surface area contributed by atoms with E-state index in [2.05, 4.69) is 5.32 Å². The number of carbonyl (C=O) groups excluding carboxylic acids is 2. The molecule has 0 bridgehead atoms. The minimum absolute atomic E-state index is 0.0807. The van der Waals surface area contributed by atoms with E-state index in [4.69, 9.17) is 16.3 Å². The molecule has 2 aliphatic rings. The van der Waals surface area contributed by atoms with Gasteiger partial charge >= 0.3 is 0 Å². The Balaban J connectivity index is 1.58. The molecule has 0 radical (unpaired) electrons. The standard InChI is InChI=1S/C23H26ClN3O5S/c1-16-6-7-17(12-19(16)24)25-22(28)14-27-20-13-18(8-9-21(20)32-15-23(27)29)33(30,31)26-10-4-2-3-5-11-26/h6-9,12-13H,2-5,10-11,14-15H2,1H3,(H,25,28). The number of benzene rings is 2. The highest BCUT2D eigenvalue weighted by Gasteiger charge is 2.31. The molecule has 2 heterocycles. The normalized spacial score (nSPS) is 17.2. The van der Waals surface area contributed by atoms with Crippen molar-refractivity contribution in [2.45, 2.75) is 37.5 Å². The first-order valence-corrected chi connectivity index (χ1v) is 12.7. The molecule has 0 aliphatic carbocycles. The van der Waals surface area contributed by atoms with Crippen molar-refractivity contribution in [2.24, 2.45) is 0 Å². The average molecular weight is 492 g/mol. The van der Waals surface area contributed by atoms with E-state index < -0.39 is 21.8 Å². The number of aryl methyl sites for hydroxylation is 1. The van der Waals surface area contributed by atoms with Gasteiger partial charge in [0, 0.05) is 23.8 Å². The lowest BCUT2D eigenvalue weighted by atomic mass is 10.2. The Labute approximate surface area is 198 Å². The molecule has 4 rings (SSSR count). The molecule has 0 atom stereocenters. The number of halogens is 1. The van der Waals surface area contributed by atoms with Crippen LogP contribution < -0.4 is 15.0 Å². The highest BCUT2D eigenvalue weighted by molar-refractivity contribution is 7.89. The number of carbonyl (C=O) groups is 2. The van der Waals surface area contributed by atoms with E-state index in [0.29, 0.717) is 29.5 Å². The largest absolute Gasteiger partial charge is 0.482 e. The van der Waals surface area contributed by atoms with Crippen LogP contribution in [-0.2, 0) is 19.6 Å². The van der Waals surface area contributed by atoms with Gasteiger partial charge in [0.05, 0.1) is 10.6 Å². The van der Waals surface area contributed by atoms with E-state index in [-0.39, 0.29) is 23.7 Å². The highest BCUT2D eigenvalue weighted by Crippen LogP contribution is 2.35. The summed E-state index contributed by atoms with van der Waals surface area (Å²) in [7, 11) is -3.72. The van der Waals surface area contributed by atoms with E-state index in [9.17, 15) is 18.0 Å². The molecule has 2 aromatic rings. The maximum Gasteiger partial charge on any atom is 0.265 e. The number of ether oxygens (including phenoxy) is 1. The van der Waals surface area contributed by atoms with Gasteiger partial charge in [-0.2, -0.15) is 4.31 Å².